The first kappa shape index (κ1) is 19.5. The predicted molar refractivity (Wildman–Crippen MR) is 110 cm³/mol. The van der Waals surface area contributed by atoms with E-state index in [1.165, 1.54) is 23.5 Å². The molecule has 1 N–H and O–H groups in total. The largest absolute Gasteiger partial charge is 0.489 e. The standard InChI is InChI=1S/C22H21FN2O3S/c23-17-8-6-15(7-9-17)13-28-18-4-1-3-16(11-18)22-25-20(14-29-22)21(26)24-12-19-5-2-10-27-19/h1,3-4,6-9,11,14,19H,2,5,10,12-13H2,(H,24,26)/t19-/m0/s1. The number of hydrogen-bond acceptors (Lipinski definition) is 5. The highest BCUT2D eigenvalue weighted by Crippen LogP contribution is 2.27. The zero-order chi connectivity index (χ0) is 20.1. The molecule has 0 bridgehead atoms. The molecule has 2 heterocycles. The number of carbonyl (C=O) groups excluding carboxylic acids is 1. The van der Waals surface area contributed by atoms with E-state index in [4.69, 9.17) is 9.47 Å². The fourth-order valence-electron chi connectivity index (χ4n) is 3.08. The molecule has 1 aliphatic rings. The van der Waals surface area contributed by atoms with Gasteiger partial charge in [0.15, 0.2) is 0 Å². The SMILES string of the molecule is O=C(NC[C@@H]1CCCO1)c1csc(-c2cccc(OCc3ccc(F)cc3)c2)n1. The monoisotopic (exact) mass is 412 g/mol. The third-order valence-corrected chi connectivity index (χ3v) is 5.54. The summed E-state index contributed by atoms with van der Waals surface area (Å²) in [6, 6.07) is 13.8. The molecule has 1 saturated heterocycles. The van der Waals surface area contributed by atoms with Gasteiger partial charge >= 0.3 is 0 Å². The third kappa shape index (κ3) is 5.19. The molecular weight excluding hydrogens is 391 g/mol. The van der Waals surface area contributed by atoms with Crippen LogP contribution in [0.15, 0.2) is 53.9 Å². The van der Waals surface area contributed by atoms with Gasteiger partial charge in [0.05, 0.1) is 6.10 Å². The maximum absolute atomic E-state index is 13.0. The summed E-state index contributed by atoms with van der Waals surface area (Å²) in [6.07, 6.45) is 2.13. The minimum Gasteiger partial charge on any atom is -0.489 e. The second-order valence-electron chi connectivity index (χ2n) is 6.83. The van der Waals surface area contributed by atoms with Crippen LogP contribution in [0.3, 0.4) is 0 Å². The molecule has 5 nitrogen and oxygen atoms in total. The molecule has 0 saturated carbocycles. The number of rotatable bonds is 7. The third-order valence-electron chi connectivity index (χ3n) is 4.65. The highest BCUT2D eigenvalue weighted by Gasteiger charge is 2.18. The summed E-state index contributed by atoms with van der Waals surface area (Å²) in [5, 5.41) is 5.39. The van der Waals surface area contributed by atoms with Crippen molar-refractivity contribution >= 4 is 17.2 Å². The quantitative estimate of drug-likeness (QED) is 0.623. The average Bonchev–Trinajstić information content (AvgIpc) is 3.44. The summed E-state index contributed by atoms with van der Waals surface area (Å²) in [5.41, 5.74) is 2.17. The van der Waals surface area contributed by atoms with Gasteiger partial charge in [-0.3, -0.25) is 4.79 Å². The van der Waals surface area contributed by atoms with Crippen LogP contribution >= 0.6 is 11.3 Å². The molecule has 7 heteroatoms. The van der Waals surface area contributed by atoms with Crippen molar-refractivity contribution < 1.29 is 18.7 Å². The summed E-state index contributed by atoms with van der Waals surface area (Å²) in [4.78, 5) is 16.8. The van der Waals surface area contributed by atoms with Crippen LogP contribution in [0.1, 0.15) is 28.9 Å². The summed E-state index contributed by atoms with van der Waals surface area (Å²) in [5.74, 6) is 0.230. The van der Waals surface area contributed by atoms with Crippen molar-refractivity contribution in [1.29, 1.82) is 0 Å². The molecule has 0 radical (unpaired) electrons. The second-order valence-corrected chi connectivity index (χ2v) is 7.68. The van der Waals surface area contributed by atoms with Crippen molar-refractivity contribution in [3.05, 3.63) is 71.0 Å². The van der Waals surface area contributed by atoms with E-state index in [9.17, 15) is 9.18 Å². The lowest BCUT2D eigenvalue weighted by Crippen LogP contribution is -2.31. The lowest BCUT2D eigenvalue weighted by Gasteiger charge is -2.09. The molecule has 1 aliphatic heterocycles. The first-order valence-electron chi connectivity index (χ1n) is 9.50. The average molecular weight is 412 g/mol. The molecule has 1 fully saturated rings. The van der Waals surface area contributed by atoms with Gasteiger partial charge in [-0.2, -0.15) is 0 Å². The number of halogens is 1. The van der Waals surface area contributed by atoms with Gasteiger partial charge in [-0.25, -0.2) is 9.37 Å². The number of nitrogens with one attached hydrogen (secondary N) is 1. The van der Waals surface area contributed by atoms with Crippen molar-refractivity contribution in [1.82, 2.24) is 10.3 Å². The fourth-order valence-corrected chi connectivity index (χ4v) is 3.88. The summed E-state index contributed by atoms with van der Waals surface area (Å²) >= 11 is 1.41. The Kier molecular flexibility index (Phi) is 6.17. The molecule has 1 aromatic heterocycles. The number of hydrogen-bond donors (Lipinski definition) is 1. The van der Waals surface area contributed by atoms with E-state index < -0.39 is 0 Å². The number of amides is 1. The zero-order valence-corrected chi connectivity index (χ0v) is 16.6. The van der Waals surface area contributed by atoms with Crippen molar-refractivity contribution in [3.63, 3.8) is 0 Å². The molecule has 150 valence electrons. The zero-order valence-electron chi connectivity index (χ0n) is 15.8. The summed E-state index contributed by atoms with van der Waals surface area (Å²) < 4.78 is 24.3. The molecule has 1 amide bonds. The van der Waals surface area contributed by atoms with Crippen molar-refractivity contribution in [2.45, 2.75) is 25.6 Å². The molecule has 29 heavy (non-hydrogen) atoms. The van der Waals surface area contributed by atoms with Gasteiger partial charge in [-0.15, -0.1) is 11.3 Å². The first-order valence-corrected chi connectivity index (χ1v) is 10.4. The Labute approximate surface area is 172 Å². The van der Waals surface area contributed by atoms with Crippen molar-refractivity contribution in [3.8, 4) is 16.3 Å². The van der Waals surface area contributed by atoms with E-state index in [1.807, 2.05) is 24.3 Å². The van der Waals surface area contributed by atoms with Crippen LogP contribution in [0, 0.1) is 5.82 Å². The summed E-state index contributed by atoms with van der Waals surface area (Å²) in [6.45, 7) is 1.62. The Bertz CT molecular complexity index is 968. The van der Waals surface area contributed by atoms with E-state index in [-0.39, 0.29) is 17.8 Å². The van der Waals surface area contributed by atoms with Crippen LogP contribution in [0.5, 0.6) is 5.75 Å². The van der Waals surface area contributed by atoms with Crippen LogP contribution in [-0.2, 0) is 11.3 Å². The van der Waals surface area contributed by atoms with Crippen LogP contribution in [0.4, 0.5) is 4.39 Å². The molecule has 1 atom stereocenters. The van der Waals surface area contributed by atoms with Crippen LogP contribution in [0.25, 0.3) is 10.6 Å². The van der Waals surface area contributed by atoms with Crippen LogP contribution in [-0.4, -0.2) is 30.1 Å². The minimum atomic E-state index is -0.268. The van der Waals surface area contributed by atoms with E-state index in [0.717, 1.165) is 35.6 Å². The van der Waals surface area contributed by atoms with Gasteiger partial charge in [0.2, 0.25) is 0 Å². The Morgan fingerprint density at radius 3 is 2.93 bits per heavy atom. The van der Waals surface area contributed by atoms with Gasteiger partial charge in [-0.05, 0) is 42.7 Å². The fraction of sp³-hybridized carbons (Fsp3) is 0.273. The number of ether oxygens (including phenoxy) is 2. The Morgan fingerprint density at radius 1 is 1.28 bits per heavy atom. The predicted octanol–water partition coefficient (Wildman–Crippen LogP) is 4.44. The Morgan fingerprint density at radius 2 is 2.14 bits per heavy atom. The lowest BCUT2D eigenvalue weighted by atomic mass is 10.2. The smallest absolute Gasteiger partial charge is 0.270 e. The second kappa shape index (κ2) is 9.15. The maximum atomic E-state index is 13.0. The van der Waals surface area contributed by atoms with E-state index in [0.29, 0.717) is 24.6 Å². The Hall–Kier alpha value is -2.77. The van der Waals surface area contributed by atoms with E-state index in [1.54, 1.807) is 17.5 Å². The molecule has 0 unspecified atom stereocenters. The highest BCUT2D eigenvalue weighted by molar-refractivity contribution is 7.13. The van der Waals surface area contributed by atoms with Crippen LogP contribution in [0.2, 0.25) is 0 Å². The summed E-state index contributed by atoms with van der Waals surface area (Å²) in [7, 11) is 0. The van der Waals surface area contributed by atoms with Gasteiger partial charge in [0.1, 0.15) is 28.9 Å². The number of thiazole rings is 1. The van der Waals surface area contributed by atoms with Gasteiger partial charge in [0.25, 0.3) is 5.91 Å². The van der Waals surface area contributed by atoms with Crippen LogP contribution < -0.4 is 10.1 Å². The molecule has 0 spiro atoms. The molecular formula is C22H21FN2O3S. The lowest BCUT2D eigenvalue weighted by molar-refractivity contribution is 0.0854. The highest BCUT2D eigenvalue weighted by atomic mass is 32.1. The number of nitrogens with zero attached hydrogens (tertiary/aromatic N) is 1. The number of carbonyl (C=O) groups is 1. The maximum Gasteiger partial charge on any atom is 0.270 e. The Balaban J connectivity index is 1.37. The molecule has 4 rings (SSSR count). The molecule has 2 aromatic carbocycles. The number of benzene rings is 2. The minimum absolute atomic E-state index is 0.104. The number of aromatic nitrogens is 1. The topological polar surface area (TPSA) is 60.5 Å². The van der Waals surface area contributed by atoms with Crippen molar-refractivity contribution in [2.24, 2.45) is 0 Å². The first-order chi connectivity index (χ1) is 14.2. The van der Waals surface area contributed by atoms with Crippen molar-refractivity contribution in [2.75, 3.05) is 13.2 Å². The van der Waals surface area contributed by atoms with E-state index in [2.05, 4.69) is 10.3 Å². The van der Waals surface area contributed by atoms with E-state index >= 15 is 0 Å². The molecule has 3 aromatic rings. The normalized spacial score (nSPS) is 16.0. The molecule has 0 aliphatic carbocycles. The van der Waals surface area contributed by atoms with Gasteiger partial charge in [0, 0.05) is 24.1 Å². The van der Waals surface area contributed by atoms with Gasteiger partial charge in [-0.1, -0.05) is 24.3 Å². The van der Waals surface area contributed by atoms with Gasteiger partial charge < -0.3 is 14.8 Å².